The van der Waals surface area contributed by atoms with E-state index in [2.05, 4.69) is 0 Å². The van der Waals surface area contributed by atoms with Crippen LogP contribution in [0.15, 0.2) is 12.1 Å². The highest BCUT2D eigenvalue weighted by Crippen LogP contribution is 2.37. The second kappa shape index (κ2) is 5.23. The molecule has 0 aliphatic heterocycles. The maximum atomic E-state index is 6.15. The zero-order valence-corrected chi connectivity index (χ0v) is 11.0. The molecule has 0 saturated heterocycles. The summed E-state index contributed by atoms with van der Waals surface area (Å²) < 4.78 is 10.4. The Kier molecular flexibility index (Phi) is 4.44. The van der Waals surface area contributed by atoms with Gasteiger partial charge in [0.1, 0.15) is 11.4 Å². The minimum absolute atomic E-state index is 0.311. The van der Waals surface area contributed by atoms with Gasteiger partial charge in [0.05, 0.1) is 17.2 Å². The molecular weight excluding hydrogens is 249 g/mol. The Morgan fingerprint density at radius 2 is 1.88 bits per heavy atom. The lowest BCUT2D eigenvalue weighted by Gasteiger charge is -2.28. The van der Waals surface area contributed by atoms with Crippen molar-refractivity contribution in [2.45, 2.75) is 12.5 Å². The lowest BCUT2D eigenvalue weighted by Crippen LogP contribution is -2.34. The van der Waals surface area contributed by atoms with Crippen LogP contribution in [-0.2, 0) is 10.3 Å². The Hall–Kier alpha value is -0.480. The van der Waals surface area contributed by atoms with Gasteiger partial charge in [-0.15, -0.1) is 0 Å². The second-order valence-corrected chi connectivity index (χ2v) is 4.42. The fourth-order valence-electron chi connectivity index (χ4n) is 1.39. The predicted octanol–water partition coefficient (Wildman–Crippen LogP) is 2.82. The molecule has 90 valence electrons. The maximum absolute atomic E-state index is 6.15. The molecule has 3 nitrogen and oxygen atoms in total. The Morgan fingerprint density at radius 1 is 1.25 bits per heavy atom. The zero-order valence-electron chi connectivity index (χ0n) is 9.51. The third-order valence-corrected chi connectivity index (χ3v) is 3.26. The van der Waals surface area contributed by atoms with Crippen molar-refractivity contribution in [1.82, 2.24) is 0 Å². The van der Waals surface area contributed by atoms with Gasteiger partial charge in [0.25, 0.3) is 0 Å². The van der Waals surface area contributed by atoms with E-state index in [-0.39, 0.29) is 0 Å². The number of rotatable bonds is 4. The first-order valence-corrected chi connectivity index (χ1v) is 5.53. The summed E-state index contributed by atoms with van der Waals surface area (Å²) in [7, 11) is 3.12. The van der Waals surface area contributed by atoms with Crippen molar-refractivity contribution in [2.24, 2.45) is 5.73 Å². The molecule has 2 N–H and O–H groups in total. The number of hydrogen-bond donors (Lipinski definition) is 1. The number of nitrogens with two attached hydrogens (primary N) is 1. The maximum Gasteiger partial charge on any atom is 0.138 e. The van der Waals surface area contributed by atoms with E-state index in [0.717, 1.165) is 5.56 Å². The van der Waals surface area contributed by atoms with Crippen LogP contribution in [0.25, 0.3) is 0 Å². The van der Waals surface area contributed by atoms with Crippen LogP contribution >= 0.6 is 23.2 Å². The third kappa shape index (κ3) is 2.43. The summed E-state index contributed by atoms with van der Waals surface area (Å²) >= 11 is 12.2. The van der Waals surface area contributed by atoms with Crippen LogP contribution < -0.4 is 10.5 Å². The van der Waals surface area contributed by atoms with Crippen molar-refractivity contribution in [1.29, 1.82) is 0 Å². The summed E-state index contributed by atoms with van der Waals surface area (Å²) in [6.07, 6.45) is 0. The van der Waals surface area contributed by atoms with Crippen LogP contribution in [0.4, 0.5) is 0 Å². The smallest absolute Gasteiger partial charge is 0.138 e. The van der Waals surface area contributed by atoms with E-state index < -0.39 is 5.60 Å². The van der Waals surface area contributed by atoms with Crippen LogP contribution in [0.2, 0.25) is 10.0 Å². The summed E-state index contributed by atoms with van der Waals surface area (Å²) in [5, 5.41) is 1.01. The molecule has 1 rings (SSSR count). The molecule has 0 aromatic heterocycles. The van der Waals surface area contributed by atoms with Gasteiger partial charge in [-0.2, -0.15) is 0 Å². The molecule has 0 radical (unpaired) electrons. The highest BCUT2D eigenvalue weighted by atomic mass is 35.5. The fourth-order valence-corrected chi connectivity index (χ4v) is 1.99. The van der Waals surface area contributed by atoms with E-state index >= 15 is 0 Å². The first-order valence-electron chi connectivity index (χ1n) is 4.77. The van der Waals surface area contributed by atoms with Gasteiger partial charge in [-0.25, -0.2) is 0 Å². The van der Waals surface area contributed by atoms with Gasteiger partial charge < -0.3 is 15.2 Å². The monoisotopic (exact) mass is 263 g/mol. The molecule has 5 heteroatoms. The van der Waals surface area contributed by atoms with Crippen LogP contribution in [0, 0.1) is 0 Å². The van der Waals surface area contributed by atoms with Gasteiger partial charge in [0.2, 0.25) is 0 Å². The van der Waals surface area contributed by atoms with Gasteiger partial charge in [-0.1, -0.05) is 23.2 Å². The summed E-state index contributed by atoms with van der Waals surface area (Å²) in [4.78, 5) is 0. The molecule has 1 aromatic carbocycles. The molecule has 0 saturated carbocycles. The minimum Gasteiger partial charge on any atom is -0.495 e. The van der Waals surface area contributed by atoms with Gasteiger partial charge in [0.15, 0.2) is 0 Å². The number of methoxy groups -OCH3 is 2. The van der Waals surface area contributed by atoms with Gasteiger partial charge in [-0.05, 0) is 13.0 Å². The normalized spacial score (nSPS) is 14.6. The van der Waals surface area contributed by atoms with Crippen molar-refractivity contribution < 1.29 is 9.47 Å². The van der Waals surface area contributed by atoms with Gasteiger partial charge >= 0.3 is 0 Å². The SMILES string of the molecule is COc1cc(Cl)c(C(C)(CN)OC)cc1Cl. The van der Waals surface area contributed by atoms with Crippen molar-refractivity contribution >= 4 is 23.2 Å². The third-order valence-electron chi connectivity index (χ3n) is 2.65. The standard InChI is InChI=1S/C11H15Cl2NO2/c1-11(6-14,16-3)7-4-9(13)10(15-2)5-8(7)12/h4-5H,6,14H2,1-3H3. The molecule has 1 atom stereocenters. The summed E-state index contributed by atoms with van der Waals surface area (Å²) in [6, 6.07) is 3.38. The van der Waals surface area contributed by atoms with Crippen LogP contribution in [-0.4, -0.2) is 20.8 Å². The summed E-state index contributed by atoms with van der Waals surface area (Å²) in [6.45, 7) is 2.17. The Morgan fingerprint density at radius 3 is 2.31 bits per heavy atom. The van der Waals surface area contributed by atoms with Crippen LogP contribution in [0.1, 0.15) is 12.5 Å². The van der Waals surface area contributed by atoms with E-state index in [0.29, 0.717) is 22.3 Å². The number of benzene rings is 1. The van der Waals surface area contributed by atoms with E-state index in [1.165, 1.54) is 7.11 Å². The quantitative estimate of drug-likeness (QED) is 0.909. The molecule has 0 fully saturated rings. The highest BCUT2D eigenvalue weighted by molar-refractivity contribution is 6.34. The van der Waals surface area contributed by atoms with Gasteiger partial charge in [-0.3, -0.25) is 0 Å². The molecular formula is C11H15Cl2NO2. The minimum atomic E-state index is -0.646. The average molecular weight is 264 g/mol. The van der Waals surface area contributed by atoms with Crippen molar-refractivity contribution in [3.8, 4) is 5.75 Å². The first kappa shape index (κ1) is 13.6. The molecule has 0 heterocycles. The number of halogens is 2. The highest BCUT2D eigenvalue weighted by Gasteiger charge is 2.28. The van der Waals surface area contributed by atoms with E-state index in [1.54, 1.807) is 19.2 Å². The molecule has 1 unspecified atom stereocenters. The topological polar surface area (TPSA) is 44.5 Å². The average Bonchev–Trinajstić information content (AvgIpc) is 2.30. The summed E-state index contributed by atoms with van der Waals surface area (Å²) in [5.41, 5.74) is 5.79. The van der Waals surface area contributed by atoms with E-state index in [1.807, 2.05) is 6.92 Å². The van der Waals surface area contributed by atoms with Crippen molar-refractivity contribution in [3.05, 3.63) is 27.7 Å². The Labute approximate surface area is 105 Å². The molecule has 0 amide bonds. The predicted molar refractivity (Wildman–Crippen MR) is 66.4 cm³/mol. The zero-order chi connectivity index (χ0) is 12.3. The second-order valence-electron chi connectivity index (χ2n) is 3.61. The molecule has 16 heavy (non-hydrogen) atoms. The number of ether oxygens (including phenoxy) is 2. The molecule has 0 aliphatic rings. The Balaban J connectivity index is 3.30. The van der Waals surface area contributed by atoms with E-state index in [4.69, 9.17) is 38.4 Å². The first-order chi connectivity index (χ1) is 7.48. The van der Waals surface area contributed by atoms with Crippen LogP contribution in [0.5, 0.6) is 5.75 Å². The largest absolute Gasteiger partial charge is 0.495 e. The van der Waals surface area contributed by atoms with Gasteiger partial charge in [0, 0.05) is 25.3 Å². The van der Waals surface area contributed by atoms with E-state index in [9.17, 15) is 0 Å². The lowest BCUT2D eigenvalue weighted by atomic mass is 9.95. The molecule has 0 aliphatic carbocycles. The summed E-state index contributed by atoms with van der Waals surface area (Å²) in [5.74, 6) is 0.533. The fraction of sp³-hybridized carbons (Fsp3) is 0.455. The van der Waals surface area contributed by atoms with Crippen LogP contribution in [0.3, 0.4) is 0 Å². The lowest BCUT2D eigenvalue weighted by molar-refractivity contribution is 0.0101. The number of hydrogen-bond acceptors (Lipinski definition) is 3. The molecule has 0 bridgehead atoms. The van der Waals surface area contributed by atoms with Crippen molar-refractivity contribution in [2.75, 3.05) is 20.8 Å². The Bertz CT molecular complexity index is 378. The molecule has 1 aromatic rings. The van der Waals surface area contributed by atoms with Crippen molar-refractivity contribution in [3.63, 3.8) is 0 Å². The molecule has 0 spiro atoms.